The van der Waals surface area contributed by atoms with Crippen molar-refractivity contribution in [1.82, 2.24) is 14.5 Å². The Morgan fingerprint density at radius 2 is 2.27 bits per heavy atom. The van der Waals surface area contributed by atoms with Crippen LogP contribution < -0.4 is 10.9 Å². The quantitative estimate of drug-likeness (QED) is 0.795. The fraction of sp³-hybridized carbons (Fsp3) is 0.286. The molecule has 0 aliphatic rings. The van der Waals surface area contributed by atoms with Crippen LogP contribution in [0.2, 0.25) is 0 Å². The molecule has 0 aliphatic heterocycles. The molecule has 1 N–H and O–H groups in total. The number of aromatic nitrogens is 3. The Morgan fingerprint density at radius 1 is 1.45 bits per heavy atom. The van der Waals surface area contributed by atoms with Crippen molar-refractivity contribution < 1.29 is 4.79 Å². The fourth-order valence-corrected chi connectivity index (χ4v) is 3.66. The number of carbonyl (C=O) groups excluding carboxylic acids is 1. The lowest BCUT2D eigenvalue weighted by Crippen LogP contribution is -2.29. The first-order valence-corrected chi connectivity index (χ1v) is 8.47. The first kappa shape index (κ1) is 14.9. The summed E-state index contributed by atoms with van der Waals surface area (Å²) < 4.78 is 1.40. The van der Waals surface area contributed by atoms with Crippen LogP contribution in [-0.4, -0.2) is 20.4 Å². The minimum absolute atomic E-state index is 0.0650. The van der Waals surface area contributed by atoms with Gasteiger partial charge in [-0.25, -0.2) is 9.97 Å². The Morgan fingerprint density at radius 3 is 2.95 bits per heavy atom. The minimum Gasteiger partial charge on any atom is -0.300 e. The van der Waals surface area contributed by atoms with E-state index in [1.807, 2.05) is 13.0 Å². The van der Waals surface area contributed by atoms with E-state index in [2.05, 4.69) is 15.3 Å². The number of nitrogens with one attached hydrogen (secondary N) is 1. The molecule has 0 unspecified atom stereocenters. The zero-order valence-electron chi connectivity index (χ0n) is 12.1. The molecule has 1 amide bonds. The maximum atomic E-state index is 12.6. The molecule has 22 heavy (non-hydrogen) atoms. The summed E-state index contributed by atoms with van der Waals surface area (Å²) in [5, 5.41) is 5.55. The van der Waals surface area contributed by atoms with Crippen LogP contribution in [0.3, 0.4) is 0 Å². The second-order valence-corrected chi connectivity index (χ2v) is 6.73. The van der Waals surface area contributed by atoms with Crippen LogP contribution in [0.5, 0.6) is 0 Å². The summed E-state index contributed by atoms with van der Waals surface area (Å²) in [6.45, 7) is 3.71. The minimum atomic E-state index is -0.285. The van der Waals surface area contributed by atoms with E-state index in [0.29, 0.717) is 16.3 Å². The van der Waals surface area contributed by atoms with E-state index >= 15 is 0 Å². The van der Waals surface area contributed by atoms with Gasteiger partial charge in [-0.2, -0.15) is 0 Å². The molecule has 0 aromatic carbocycles. The highest BCUT2D eigenvalue weighted by Crippen LogP contribution is 2.22. The van der Waals surface area contributed by atoms with Crippen molar-refractivity contribution in [2.75, 3.05) is 5.32 Å². The third-order valence-corrected chi connectivity index (χ3v) is 5.08. The van der Waals surface area contributed by atoms with Crippen molar-refractivity contribution in [3.05, 3.63) is 38.7 Å². The van der Waals surface area contributed by atoms with Crippen LogP contribution >= 0.6 is 22.7 Å². The zero-order valence-corrected chi connectivity index (χ0v) is 13.8. The van der Waals surface area contributed by atoms with Gasteiger partial charge in [0.1, 0.15) is 17.2 Å². The van der Waals surface area contributed by atoms with Crippen LogP contribution in [-0.2, 0) is 17.8 Å². The van der Waals surface area contributed by atoms with Crippen molar-refractivity contribution >= 4 is 43.9 Å². The molecule has 0 aliphatic carbocycles. The zero-order chi connectivity index (χ0) is 15.7. The lowest BCUT2D eigenvalue weighted by molar-refractivity contribution is -0.116. The summed E-state index contributed by atoms with van der Waals surface area (Å²) in [5.41, 5.74) is -0.173. The number of aryl methyl sites for hydroxylation is 2. The van der Waals surface area contributed by atoms with Gasteiger partial charge in [0.25, 0.3) is 5.56 Å². The van der Waals surface area contributed by atoms with Gasteiger partial charge < -0.3 is 5.32 Å². The van der Waals surface area contributed by atoms with Gasteiger partial charge >= 0.3 is 0 Å². The third-order valence-electron chi connectivity index (χ3n) is 3.22. The van der Waals surface area contributed by atoms with E-state index < -0.39 is 0 Å². The lowest BCUT2D eigenvalue weighted by atomic mass is 10.3. The second-order valence-electron chi connectivity index (χ2n) is 4.72. The Labute approximate surface area is 134 Å². The smallest absolute Gasteiger partial charge is 0.262 e. The number of nitrogens with zero attached hydrogens (tertiary/aromatic N) is 3. The van der Waals surface area contributed by atoms with E-state index in [1.54, 1.807) is 18.5 Å². The molecule has 0 spiro atoms. The summed E-state index contributed by atoms with van der Waals surface area (Å²) in [4.78, 5) is 34.9. The van der Waals surface area contributed by atoms with E-state index in [1.165, 1.54) is 27.2 Å². The monoisotopic (exact) mass is 334 g/mol. The molecule has 3 rings (SSSR count). The van der Waals surface area contributed by atoms with Crippen LogP contribution in [0, 0.1) is 6.92 Å². The van der Waals surface area contributed by atoms with Gasteiger partial charge in [0.05, 0.1) is 5.39 Å². The van der Waals surface area contributed by atoms with Gasteiger partial charge in [0.15, 0.2) is 5.13 Å². The van der Waals surface area contributed by atoms with Crippen molar-refractivity contribution in [1.29, 1.82) is 0 Å². The molecule has 0 radical (unpaired) electrons. The van der Waals surface area contributed by atoms with Gasteiger partial charge in [-0.1, -0.05) is 6.92 Å². The van der Waals surface area contributed by atoms with Crippen molar-refractivity contribution in [2.24, 2.45) is 0 Å². The summed E-state index contributed by atoms with van der Waals surface area (Å²) in [5.74, 6) is 0.253. The van der Waals surface area contributed by atoms with Crippen LogP contribution in [0.15, 0.2) is 22.4 Å². The van der Waals surface area contributed by atoms with Crippen LogP contribution in [0.25, 0.3) is 10.2 Å². The van der Waals surface area contributed by atoms with Gasteiger partial charge in [-0.05, 0) is 19.4 Å². The van der Waals surface area contributed by atoms with Gasteiger partial charge in [-0.3, -0.25) is 14.2 Å². The van der Waals surface area contributed by atoms with Crippen LogP contribution in [0.1, 0.15) is 17.6 Å². The molecule has 0 fully saturated rings. The largest absolute Gasteiger partial charge is 0.300 e. The summed E-state index contributed by atoms with van der Waals surface area (Å²) in [7, 11) is 0. The van der Waals surface area contributed by atoms with E-state index in [-0.39, 0.29) is 18.0 Å². The molecule has 8 heteroatoms. The molecule has 114 valence electrons. The SMILES string of the molecule is CCc1cc2c(=O)n(CC(=O)Nc3nccs3)c(C)nc2s1. The number of thiazole rings is 1. The molecule has 0 bridgehead atoms. The standard InChI is InChI=1S/C14H14N4O2S2/c1-3-9-6-10-12(22-9)16-8(2)18(13(10)20)7-11(19)17-14-15-4-5-21-14/h4-6H,3,7H2,1-2H3,(H,15,17,19). The first-order chi connectivity index (χ1) is 10.6. The van der Waals surface area contributed by atoms with Gasteiger partial charge in [0.2, 0.25) is 5.91 Å². The second kappa shape index (κ2) is 5.98. The molecule has 0 saturated carbocycles. The Kier molecular flexibility index (Phi) is 4.04. The highest BCUT2D eigenvalue weighted by atomic mass is 32.1. The number of fused-ring (bicyclic) bond motifs is 1. The molecule has 3 aromatic rings. The fourth-order valence-electron chi connectivity index (χ4n) is 2.12. The number of rotatable bonds is 4. The van der Waals surface area contributed by atoms with E-state index in [0.717, 1.165) is 16.1 Å². The molecule has 3 aromatic heterocycles. The normalized spacial score (nSPS) is 11.0. The number of hydrogen-bond acceptors (Lipinski definition) is 6. The lowest BCUT2D eigenvalue weighted by Gasteiger charge is -2.08. The van der Waals surface area contributed by atoms with E-state index in [9.17, 15) is 9.59 Å². The van der Waals surface area contributed by atoms with Gasteiger partial charge in [-0.15, -0.1) is 22.7 Å². The molecule has 0 atom stereocenters. The highest BCUT2D eigenvalue weighted by Gasteiger charge is 2.14. The summed E-state index contributed by atoms with van der Waals surface area (Å²) in [6.07, 6.45) is 2.48. The molecule has 0 saturated heterocycles. The molecule has 3 heterocycles. The van der Waals surface area contributed by atoms with Crippen molar-refractivity contribution in [2.45, 2.75) is 26.8 Å². The van der Waals surface area contributed by atoms with Gasteiger partial charge in [0, 0.05) is 16.5 Å². The van der Waals surface area contributed by atoms with Crippen molar-refractivity contribution in [3.8, 4) is 0 Å². The summed E-state index contributed by atoms with van der Waals surface area (Å²) in [6, 6.07) is 1.87. The number of anilines is 1. The van der Waals surface area contributed by atoms with Crippen LogP contribution in [0.4, 0.5) is 5.13 Å². The molecular weight excluding hydrogens is 320 g/mol. The third kappa shape index (κ3) is 2.79. The molecular formula is C14H14N4O2S2. The highest BCUT2D eigenvalue weighted by molar-refractivity contribution is 7.18. The van der Waals surface area contributed by atoms with Crippen molar-refractivity contribution in [3.63, 3.8) is 0 Å². The number of carbonyl (C=O) groups is 1. The predicted molar refractivity (Wildman–Crippen MR) is 88.7 cm³/mol. The topological polar surface area (TPSA) is 76.9 Å². The maximum absolute atomic E-state index is 12.6. The Bertz CT molecular complexity index is 880. The Hall–Kier alpha value is -2.06. The number of thiophene rings is 1. The average molecular weight is 334 g/mol. The average Bonchev–Trinajstić information content (AvgIpc) is 3.12. The predicted octanol–water partition coefficient (Wildman–Crippen LogP) is 2.42. The Balaban J connectivity index is 1.93. The summed E-state index contributed by atoms with van der Waals surface area (Å²) >= 11 is 2.86. The molecule has 6 nitrogen and oxygen atoms in total. The number of amides is 1. The first-order valence-electron chi connectivity index (χ1n) is 6.77. The maximum Gasteiger partial charge on any atom is 0.262 e. The number of hydrogen-bond donors (Lipinski definition) is 1. The van der Waals surface area contributed by atoms with E-state index in [4.69, 9.17) is 0 Å².